The van der Waals surface area contributed by atoms with Gasteiger partial charge < -0.3 is 5.32 Å². The first-order valence-electron chi connectivity index (χ1n) is 5.96. The summed E-state index contributed by atoms with van der Waals surface area (Å²) in [6.45, 7) is 9.69. The highest BCUT2D eigenvalue weighted by molar-refractivity contribution is 4.99. The monoisotopic (exact) mass is 209 g/mol. The molecule has 0 amide bonds. The molecule has 0 atom stereocenters. The van der Waals surface area contributed by atoms with E-state index in [1.807, 2.05) is 10.9 Å². The van der Waals surface area contributed by atoms with Crippen LogP contribution in [0.4, 0.5) is 0 Å². The van der Waals surface area contributed by atoms with Crippen LogP contribution < -0.4 is 5.32 Å². The van der Waals surface area contributed by atoms with Gasteiger partial charge >= 0.3 is 0 Å². The Labute approximate surface area is 92.9 Å². The number of rotatable bonds is 7. The zero-order chi connectivity index (χ0) is 11.1. The zero-order valence-electron chi connectivity index (χ0n) is 10.2. The summed E-state index contributed by atoms with van der Waals surface area (Å²) in [6, 6.07) is 0. The SMILES string of the molecule is CCC(CC)CNCCn1cc(C)cn1. The molecule has 1 rings (SSSR count). The number of aryl methyl sites for hydroxylation is 1. The van der Waals surface area contributed by atoms with E-state index in [0.717, 1.165) is 25.6 Å². The lowest BCUT2D eigenvalue weighted by Gasteiger charge is -2.12. The average molecular weight is 209 g/mol. The first kappa shape index (κ1) is 12.2. The number of hydrogen-bond donors (Lipinski definition) is 1. The van der Waals surface area contributed by atoms with Crippen LogP contribution in [0.2, 0.25) is 0 Å². The van der Waals surface area contributed by atoms with Gasteiger partial charge in [-0.2, -0.15) is 5.10 Å². The summed E-state index contributed by atoms with van der Waals surface area (Å²) in [7, 11) is 0. The van der Waals surface area contributed by atoms with Gasteiger partial charge in [0.25, 0.3) is 0 Å². The molecule has 3 heteroatoms. The standard InChI is InChI=1S/C12H23N3/c1-4-12(5-2)9-13-6-7-15-10-11(3)8-14-15/h8,10,12-13H,4-7,9H2,1-3H3. The molecule has 0 aromatic carbocycles. The fourth-order valence-electron chi connectivity index (χ4n) is 1.67. The van der Waals surface area contributed by atoms with Gasteiger partial charge in [0.2, 0.25) is 0 Å². The summed E-state index contributed by atoms with van der Waals surface area (Å²) >= 11 is 0. The molecule has 0 aliphatic rings. The van der Waals surface area contributed by atoms with Gasteiger partial charge in [-0.25, -0.2) is 0 Å². The molecule has 0 aliphatic carbocycles. The largest absolute Gasteiger partial charge is 0.315 e. The van der Waals surface area contributed by atoms with Crippen molar-refractivity contribution in [3.8, 4) is 0 Å². The maximum atomic E-state index is 4.25. The highest BCUT2D eigenvalue weighted by atomic mass is 15.3. The first-order valence-corrected chi connectivity index (χ1v) is 5.96. The molecule has 15 heavy (non-hydrogen) atoms. The van der Waals surface area contributed by atoms with E-state index in [0.29, 0.717) is 0 Å². The molecule has 1 aromatic rings. The van der Waals surface area contributed by atoms with E-state index in [4.69, 9.17) is 0 Å². The van der Waals surface area contributed by atoms with Crippen LogP contribution >= 0.6 is 0 Å². The fourth-order valence-corrected chi connectivity index (χ4v) is 1.67. The van der Waals surface area contributed by atoms with Crippen molar-refractivity contribution in [2.24, 2.45) is 5.92 Å². The van der Waals surface area contributed by atoms with Crippen LogP contribution in [-0.2, 0) is 6.54 Å². The Morgan fingerprint density at radius 3 is 2.67 bits per heavy atom. The van der Waals surface area contributed by atoms with Gasteiger partial charge in [0, 0.05) is 12.7 Å². The second kappa shape index (κ2) is 6.62. The van der Waals surface area contributed by atoms with Crippen molar-refractivity contribution in [2.45, 2.75) is 40.2 Å². The van der Waals surface area contributed by atoms with Crippen LogP contribution in [0.3, 0.4) is 0 Å². The molecule has 0 unspecified atom stereocenters. The molecule has 1 heterocycles. The summed E-state index contributed by atoms with van der Waals surface area (Å²) in [6.07, 6.45) is 6.52. The van der Waals surface area contributed by atoms with E-state index in [1.165, 1.54) is 18.4 Å². The molecule has 86 valence electrons. The van der Waals surface area contributed by atoms with Gasteiger partial charge in [-0.15, -0.1) is 0 Å². The number of hydrogen-bond acceptors (Lipinski definition) is 2. The van der Waals surface area contributed by atoms with Crippen LogP contribution in [0.25, 0.3) is 0 Å². The third-order valence-electron chi connectivity index (χ3n) is 2.87. The van der Waals surface area contributed by atoms with Crippen molar-refractivity contribution in [1.82, 2.24) is 15.1 Å². The summed E-state index contributed by atoms with van der Waals surface area (Å²) < 4.78 is 2.00. The van der Waals surface area contributed by atoms with Crippen LogP contribution in [0.15, 0.2) is 12.4 Å². The Balaban J connectivity index is 2.11. The summed E-state index contributed by atoms with van der Waals surface area (Å²) in [5, 5.41) is 7.73. The predicted octanol–water partition coefficient (Wildman–Crippen LogP) is 2.22. The Morgan fingerprint density at radius 2 is 2.13 bits per heavy atom. The van der Waals surface area contributed by atoms with Crippen molar-refractivity contribution in [2.75, 3.05) is 13.1 Å². The highest BCUT2D eigenvalue weighted by Crippen LogP contribution is 2.04. The summed E-state index contributed by atoms with van der Waals surface area (Å²) in [5.41, 5.74) is 1.23. The predicted molar refractivity (Wildman–Crippen MR) is 63.9 cm³/mol. The molecule has 0 saturated carbocycles. The summed E-state index contributed by atoms with van der Waals surface area (Å²) in [5.74, 6) is 0.823. The van der Waals surface area contributed by atoms with Gasteiger partial charge in [-0.05, 0) is 24.9 Å². The third-order valence-corrected chi connectivity index (χ3v) is 2.87. The lowest BCUT2D eigenvalue weighted by molar-refractivity contribution is 0.436. The quantitative estimate of drug-likeness (QED) is 0.698. The highest BCUT2D eigenvalue weighted by Gasteiger charge is 2.01. The lowest BCUT2D eigenvalue weighted by atomic mass is 10.0. The topological polar surface area (TPSA) is 29.9 Å². The minimum absolute atomic E-state index is 0.823. The normalized spacial score (nSPS) is 11.2. The molecular weight excluding hydrogens is 186 g/mol. The van der Waals surface area contributed by atoms with Crippen molar-refractivity contribution < 1.29 is 0 Å². The molecule has 1 N–H and O–H groups in total. The van der Waals surface area contributed by atoms with E-state index in [-0.39, 0.29) is 0 Å². The van der Waals surface area contributed by atoms with Gasteiger partial charge in [0.1, 0.15) is 0 Å². The Hall–Kier alpha value is -0.830. The van der Waals surface area contributed by atoms with Crippen LogP contribution in [0.1, 0.15) is 32.3 Å². The first-order chi connectivity index (χ1) is 7.26. The van der Waals surface area contributed by atoms with E-state index in [9.17, 15) is 0 Å². The van der Waals surface area contributed by atoms with Crippen molar-refractivity contribution >= 4 is 0 Å². The van der Waals surface area contributed by atoms with Crippen LogP contribution in [-0.4, -0.2) is 22.9 Å². The minimum Gasteiger partial charge on any atom is -0.315 e. The molecule has 0 aliphatic heterocycles. The average Bonchev–Trinajstić information content (AvgIpc) is 2.65. The second-order valence-electron chi connectivity index (χ2n) is 4.17. The molecule has 0 fully saturated rings. The fraction of sp³-hybridized carbons (Fsp3) is 0.750. The van der Waals surface area contributed by atoms with E-state index < -0.39 is 0 Å². The maximum Gasteiger partial charge on any atom is 0.0534 e. The van der Waals surface area contributed by atoms with Gasteiger partial charge in [0.15, 0.2) is 0 Å². The molecule has 0 spiro atoms. The maximum absolute atomic E-state index is 4.25. The van der Waals surface area contributed by atoms with E-state index in [2.05, 4.69) is 37.4 Å². The second-order valence-corrected chi connectivity index (χ2v) is 4.17. The smallest absolute Gasteiger partial charge is 0.0534 e. The third kappa shape index (κ3) is 4.47. The Kier molecular flexibility index (Phi) is 5.40. The Morgan fingerprint density at radius 1 is 1.40 bits per heavy atom. The summed E-state index contributed by atoms with van der Waals surface area (Å²) in [4.78, 5) is 0. The van der Waals surface area contributed by atoms with Crippen molar-refractivity contribution in [3.63, 3.8) is 0 Å². The lowest BCUT2D eigenvalue weighted by Crippen LogP contribution is -2.26. The molecule has 0 saturated heterocycles. The number of aromatic nitrogens is 2. The van der Waals surface area contributed by atoms with Gasteiger partial charge in [-0.1, -0.05) is 26.7 Å². The molecule has 3 nitrogen and oxygen atoms in total. The molecule has 0 bridgehead atoms. The van der Waals surface area contributed by atoms with Crippen molar-refractivity contribution in [1.29, 1.82) is 0 Å². The van der Waals surface area contributed by atoms with Gasteiger partial charge in [0.05, 0.1) is 12.7 Å². The van der Waals surface area contributed by atoms with E-state index >= 15 is 0 Å². The zero-order valence-corrected chi connectivity index (χ0v) is 10.2. The van der Waals surface area contributed by atoms with Crippen molar-refractivity contribution in [3.05, 3.63) is 18.0 Å². The number of nitrogens with one attached hydrogen (secondary N) is 1. The van der Waals surface area contributed by atoms with Gasteiger partial charge in [-0.3, -0.25) is 4.68 Å². The molecule has 0 radical (unpaired) electrons. The van der Waals surface area contributed by atoms with Crippen LogP contribution in [0.5, 0.6) is 0 Å². The molecule has 1 aromatic heterocycles. The minimum atomic E-state index is 0.823. The van der Waals surface area contributed by atoms with Crippen LogP contribution in [0, 0.1) is 12.8 Å². The molecular formula is C12H23N3. The number of nitrogens with zero attached hydrogens (tertiary/aromatic N) is 2. The Bertz CT molecular complexity index is 264. The van der Waals surface area contributed by atoms with E-state index in [1.54, 1.807) is 0 Å².